The molecule has 1 spiro atoms. The molecule has 0 bridgehead atoms. The van der Waals surface area contributed by atoms with Gasteiger partial charge in [0.1, 0.15) is 22.5 Å². The van der Waals surface area contributed by atoms with Crippen LogP contribution >= 0.6 is 0 Å². The SMILES string of the molecule is c1ccc(-c2c(-c3ccccc3)c3c4ccc5c6c4c4c(ccc[n+]4C64c6c(ccc7c6c6c(ccc[n+]64)n4c(-c6ccccc6)c(-c6ccccc6)c(-c6ccccc6)c74)O5)n3c2-c2ccccc2)cc1. The van der Waals surface area contributed by atoms with Crippen molar-refractivity contribution >= 4 is 54.6 Å². The van der Waals surface area contributed by atoms with E-state index in [9.17, 15) is 0 Å². The Morgan fingerprint density at radius 3 is 1.01 bits per heavy atom. The quantitative estimate of drug-likeness (QED) is 0.121. The van der Waals surface area contributed by atoms with E-state index in [1.807, 2.05) is 0 Å². The fourth-order valence-corrected chi connectivity index (χ4v) is 13.6. The molecule has 5 heteroatoms. The Labute approximate surface area is 413 Å². The molecule has 0 aliphatic carbocycles. The standard InChI is InChI=1S/C67H40N4O/c1-7-21-41(22-8-1)53-55(43-25-11-3-12-26-43)63-47-35-37-51-59-57(47)65-49(70(63)61(53)45-29-15-5-16-30-45)33-19-39-68(65)67(59)60-52(72-51)38-36-48-58(60)66-50(34-20-40-69(66)67)71-62(46-31-17-6-18-32-46)54(42-23-9-2-10-24-42)56(64(48)71)44-27-13-4-14-28-44/h1-40H/q+2. The van der Waals surface area contributed by atoms with E-state index in [-0.39, 0.29) is 0 Å². The number of ether oxygens (including phenoxy) is 1. The summed E-state index contributed by atoms with van der Waals surface area (Å²) >= 11 is 0. The summed E-state index contributed by atoms with van der Waals surface area (Å²) in [7, 11) is 0. The minimum Gasteiger partial charge on any atom is -0.456 e. The number of hydrogen-bond donors (Lipinski definition) is 0. The van der Waals surface area contributed by atoms with Gasteiger partial charge in [0.2, 0.25) is 11.0 Å². The van der Waals surface area contributed by atoms with Gasteiger partial charge in [-0.25, -0.2) is 0 Å². The summed E-state index contributed by atoms with van der Waals surface area (Å²) in [6, 6.07) is 84.3. The van der Waals surface area contributed by atoms with Crippen molar-refractivity contribution in [3.63, 3.8) is 0 Å². The Morgan fingerprint density at radius 2 is 0.653 bits per heavy atom. The number of pyridine rings is 4. The second-order valence-electron chi connectivity index (χ2n) is 19.5. The normalized spacial score (nSPS) is 13.5. The fraction of sp³-hybridized carbons (Fsp3) is 0.0149. The maximum atomic E-state index is 7.36. The highest BCUT2D eigenvalue weighted by atomic mass is 16.5. The van der Waals surface area contributed by atoms with E-state index >= 15 is 0 Å². The molecule has 72 heavy (non-hydrogen) atoms. The molecule has 8 aromatic carbocycles. The van der Waals surface area contributed by atoms with Crippen molar-refractivity contribution in [2.24, 2.45) is 0 Å². The van der Waals surface area contributed by atoms with E-state index in [1.165, 1.54) is 111 Å². The van der Waals surface area contributed by atoms with E-state index in [1.54, 1.807) is 0 Å². The van der Waals surface area contributed by atoms with Crippen LogP contribution in [0.1, 0.15) is 11.1 Å². The molecule has 14 aromatic rings. The van der Waals surface area contributed by atoms with Gasteiger partial charge in [0.15, 0.2) is 23.5 Å². The molecular formula is C67H40N4O+2. The summed E-state index contributed by atoms with van der Waals surface area (Å²) in [4.78, 5) is 0. The average molecular weight is 917 g/mol. The van der Waals surface area contributed by atoms with Crippen LogP contribution in [0.4, 0.5) is 0 Å². The highest BCUT2D eigenvalue weighted by Crippen LogP contribution is 2.60. The molecule has 0 unspecified atom stereocenters. The van der Waals surface area contributed by atoms with Crippen molar-refractivity contribution in [2.75, 3.05) is 0 Å². The lowest BCUT2D eigenvalue weighted by atomic mass is 9.85. The maximum Gasteiger partial charge on any atom is 0.425 e. The number of nitrogens with zero attached hydrogens (tertiary/aromatic N) is 4. The van der Waals surface area contributed by atoms with E-state index in [0.717, 1.165) is 33.7 Å². The number of rotatable bonds is 6. The molecular weight excluding hydrogens is 877 g/mol. The van der Waals surface area contributed by atoms with Gasteiger partial charge >= 0.3 is 5.66 Å². The summed E-state index contributed by atoms with van der Waals surface area (Å²) < 4.78 is 17.7. The number of fused-ring (bicyclic) bond motifs is 6. The van der Waals surface area contributed by atoms with Gasteiger partial charge in [-0.1, -0.05) is 182 Å². The lowest BCUT2D eigenvalue weighted by Crippen LogP contribution is -2.72. The van der Waals surface area contributed by atoms with Crippen LogP contribution < -0.4 is 13.9 Å². The Bertz CT molecular complexity index is 4360. The van der Waals surface area contributed by atoms with E-state index < -0.39 is 5.66 Å². The van der Waals surface area contributed by atoms with Crippen LogP contribution in [-0.4, -0.2) is 8.80 Å². The molecule has 0 saturated heterocycles. The van der Waals surface area contributed by atoms with Crippen molar-refractivity contribution in [2.45, 2.75) is 5.66 Å². The summed E-state index contributed by atoms with van der Waals surface area (Å²) in [6.45, 7) is 0. The number of aromatic nitrogens is 4. The van der Waals surface area contributed by atoms with Crippen LogP contribution in [0.25, 0.3) is 122 Å². The number of hydrogen-bond acceptors (Lipinski definition) is 1. The maximum absolute atomic E-state index is 7.36. The second kappa shape index (κ2) is 13.8. The lowest BCUT2D eigenvalue weighted by molar-refractivity contribution is -0.945. The van der Waals surface area contributed by atoms with Crippen LogP contribution in [0.5, 0.6) is 11.5 Å². The van der Waals surface area contributed by atoms with E-state index in [0.29, 0.717) is 0 Å². The van der Waals surface area contributed by atoms with E-state index in [4.69, 9.17) is 4.74 Å². The van der Waals surface area contributed by atoms with Gasteiger partial charge in [-0.15, -0.1) is 9.13 Å². The van der Waals surface area contributed by atoms with Gasteiger partial charge in [-0.2, -0.15) is 0 Å². The highest BCUT2D eigenvalue weighted by Gasteiger charge is 2.70. The molecule has 17 rings (SSSR count). The van der Waals surface area contributed by atoms with Crippen molar-refractivity contribution in [1.29, 1.82) is 0 Å². The molecule has 0 fully saturated rings. The van der Waals surface area contributed by atoms with Gasteiger partial charge in [0.05, 0.1) is 33.2 Å². The third-order valence-electron chi connectivity index (χ3n) is 16.0. The molecule has 0 atom stereocenters. The minimum atomic E-state index is -0.811. The molecule has 0 N–H and O–H groups in total. The Kier molecular flexibility index (Phi) is 7.34. The van der Waals surface area contributed by atoms with Crippen LogP contribution in [0.2, 0.25) is 0 Å². The van der Waals surface area contributed by atoms with Crippen LogP contribution in [0.3, 0.4) is 0 Å². The summed E-state index contributed by atoms with van der Waals surface area (Å²) in [6.07, 6.45) is 4.66. The van der Waals surface area contributed by atoms with Gasteiger partial charge < -0.3 is 13.5 Å². The first kappa shape index (κ1) is 38.3. The Morgan fingerprint density at radius 1 is 0.319 bits per heavy atom. The van der Waals surface area contributed by atoms with E-state index in [2.05, 4.69) is 261 Å². The van der Waals surface area contributed by atoms with Gasteiger partial charge in [-0.3, -0.25) is 0 Å². The second-order valence-corrected chi connectivity index (χ2v) is 19.5. The zero-order chi connectivity index (χ0) is 46.8. The minimum absolute atomic E-state index is 0.811. The lowest BCUT2D eigenvalue weighted by Gasteiger charge is -2.26. The monoisotopic (exact) mass is 916 g/mol. The molecule has 0 saturated carbocycles. The largest absolute Gasteiger partial charge is 0.456 e. The third-order valence-corrected chi connectivity index (χ3v) is 16.0. The molecule has 3 aliphatic heterocycles. The summed E-state index contributed by atoms with van der Waals surface area (Å²) in [5, 5.41) is 4.82. The Balaban J connectivity index is 1.08. The number of benzene rings is 8. The molecule has 9 heterocycles. The molecule has 332 valence electrons. The summed E-state index contributed by atoms with van der Waals surface area (Å²) in [5.74, 6) is 1.77. The van der Waals surface area contributed by atoms with Gasteiger partial charge in [0.25, 0.3) is 0 Å². The molecule has 0 amide bonds. The van der Waals surface area contributed by atoms with Crippen LogP contribution in [0.15, 0.2) is 243 Å². The molecule has 5 nitrogen and oxygen atoms in total. The van der Waals surface area contributed by atoms with Crippen molar-refractivity contribution in [3.8, 4) is 78.5 Å². The van der Waals surface area contributed by atoms with Gasteiger partial charge in [-0.05, 0) is 69.8 Å². The zero-order valence-corrected chi connectivity index (χ0v) is 38.8. The van der Waals surface area contributed by atoms with Crippen molar-refractivity contribution in [1.82, 2.24) is 8.80 Å². The fourth-order valence-electron chi connectivity index (χ4n) is 13.6. The van der Waals surface area contributed by atoms with Crippen molar-refractivity contribution in [3.05, 3.63) is 254 Å². The average Bonchev–Trinajstić information content (AvgIpc) is 4.21. The van der Waals surface area contributed by atoms with Gasteiger partial charge in [0, 0.05) is 45.2 Å². The van der Waals surface area contributed by atoms with Crippen LogP contribution in [0, 0.1) is 0 Å². The molecule has 0 radical (unpaired) electrons. The van der Waals surface area contributed by atoms with Crippen LogP contribution in [-0.2, 0) is 5.66 Å². The predicted octanol–water partition coefficient (Wildman–Crippen LogP) is 15.4. The van der Waals surface area contributed by atoms with Crippen molar-refractivity contribution < 1.29 is 13.9 Å². The Hall–Kier alpha value is -9.58. The first-order chi connectivity index (χ1) is 35.8. The first-order valence-electron chi connectivity index (χ1n) is 24.9. The smallest absolute Gasteiger partial charge is 0.425 e. The molecule has 6 aromatic heterocycles. The molecule has 3 aliphatic rings. The third kappa shape index (κ3) is 4.55. The first-order valence-corrected chi connectivity index (χ1v) is 24.9. The summed E-state index contributed by atoms with van der Waals surface area (Å²) in [5.41, 5.74) is 22.8. The highest BCUT2D eigenvalue weighted by molar-refractivity contribution is 6.24. The topological polar surface area (TPSA) is 25.8 Å². The zero-order valence-electron chi connectivity index (χ0n) is 38.8. The predicted molar refractivity (Wildman–Crippen MR) is 289 cm³/mol.